The van der Waals surface area contributed by atoms with E-state index in [1.807, 2.05) is 0 Å². The number of fused-ring (bicyclic) bond motifs is 1. The lowest BCUT2D eigenvalue weighted by Crippen LogP contribution is -2.21. The molecule has 0 saturated heterocycles. The molecule has 1 saturated carbocycles. The number of hydrogen-bond acceptors (Lipinski definition) is 4. The van der Waals surface area contributed by atoms with Crippen molar-refractivity contribution in [2.24, 2.45) is 0 Å². The number of nitrogens with zero attached hydrogens (tertiary/aromatic N) is 3. The van der Waals surface area contributed by atoms with Crippen LogP contribution in [-0.2, 0) is 6.54 Å². The monoisotopic (exact) mass is 411 g/mol. The summed E-state index contributed by atoms with van der Waals surface area (Å²) in [5, 5.41) is 4.71. The van der Waals surface area contributed by atoms with Crippen molar-refractivity contribution in [2.45, 2.75) is 65.5 Å². The Kier molecular flexibility index (Phi) is 6.26. The molecule has 1 aromatic carbocycles. The van der Waals surface area contributed by atoms with Gasteiger partial charge in [0.05, 0.1) is 24.9 Å². The van der Waals surface area contributed by atoms with Gasteiger partial charge in [0.15, 0.2) is 0 Å². The topological polar surface area (TPSA) is 30.3 Å². The molecule has 3 aromatic rings. The van der Waals surface area contributed by atoms with Crippen LogP contribution >= 0.6 is 11.3 Å². The molecule has 2 aromatic heterocycles. The first-order valence-electron chi connectivity index (χ1n) is 11.0. The van der Waals surface area contributed by atoms with E-state index in [1.165, 1.54) is 59.3 Å². The molecule has 0 amide bonds. The Morgan fingerprint density at radius 1 is 1.17 bits per heavy atom. The standard InChI is InChI=1S/C24H33N3OS/c1-5-26(6-2)15-22-25-20(16-29-22)23-17(3)27(18-11-8-7-9-12-18)24-19(23)13-10-14-21(24)28-4/h10,13-14,16,18H,5-9,11-12,15H2,1-4H3. The molecule has 29 heavy (non-hydrogen) atoms. The molecule has 0 bridgehead atoms. The largest absolute Gasteiger partial charge is 0.495 e. The van der Waals surface area contributed by atoms with E-state index in [0.717, 1.165) is 31.1 Å². The fourth-order valence-corrected chi connectivity index (χ4v) is 5.70. The Bertz CT molecular complexity index is 964. The van der Waals surface area contributed by atoms with Crippen molar-refractivity contribution in [2.75, 3.05) is 20.2 Å². The molecule has 0 unspecified atom stereocenters. The highest BCUT2D eigenvalue weighted by Gasteiger charge is 2.26. The number of thiazole rings is 1. The second kappa shape index (κ2) is 8.88. The maximum Gasteiger partial charge on any atom is 0.143 e. The summed E-state index contributed by atoms with van der Waals surface area (Å²) in [5.74, 6) is 0.973. The van der Waals surface area contributed by atoms with E-state index in [9.17, 15) is 0 Å². The molecule has 0 radical (unpaired) electrons. The van der Waals surface area contributed by atoms with Crippen molar-refractivity contribution < 1.29 is 4.74 Å². The second-order valence-electron chi connectivity index (χ2n) is 8.07. The number of rotatable bonds is 7. The first-order valence-corrected chi connectivity index (χ1v) is 11.9. The molecule has 1 fully saturated rings. The fraction of sp³-hybridized carbons (Fsp3) is 0.542. The molecule has 0 aliphatic heterocycles. The van der Waals surface area contributed by atoms with Crippen molar-refractivity contribution >= 4 is 22.2 Å². The molecule has 1 aliphatic rings. The van der Waals surface area contributed by atoms with E-state index in [1.54, 1.807) is 18.4 Å². The van der Waals surface area contributed by atoms with Crippen molar-refractivity contribution in [3.63, 3.8) is 0 Å². The minimum atomic E-state index is 0.560. The van der Waals surface area contributed by atoms with Gasteiger partial charge in [-0.05, 0) is 38.9 Å². The van der Waals surface area contributed by atoms with Gasteiger partial charge in [-0.25, -0.2) is 4.98 Å². The highest BCUT2D eigenvalue weighted by molar-refractivity contribution is 7.09. The molecule has 0 atom stereocenters. The minimum absolute atomic E-state index is 0.560. The highest BCUT2D eigenvalue weighted by Crippen LogP contribution is 2.43. The van der Waals surface area contributed by atoms with Crippen LogP contribution in [0.15, 0.2) is 23.6 Å². The van der Waals surface area contributed by atoms with E-state index in [-0.39, 0.29) is 0 Å². The van der Waals surface area contributed by atoms with Crippen LogP contribution in [0.5, 0.6) is 5.75 Å². The van der Waals surface area contributed by atoms with Gasteiger partial charge in [0.1, 0.15) is 10.8 Å². The molecule has 0 N–H and O–H groups in total. The van der Waals surface area contributed by atoms with E-state index in [4.69, 9.17) is 9.72 Å². The van der Waals surface area contributed by atoms with Gasteiger partial charge in [0.2, 0.25) is 0 Å². The number of aromatic nitrogens is 2. The maximum absolute atomic E-state index is 5.80. The summed E-state index contributed by atoms with van der Waals surface area (Å²) in [6.07, 6.45) is 6.51. The predicted molar refractivity (Wildman–Crippen MR) is 123 cm³/mol. The third-order valence-electron chi connectivity index (χ3n) is 6.45. The summed E-state index contributed by atoms with van der Waals surface area (Å²) in [6, 6.07) is 7.00. The Labute approximate surface area is 178 Å². The molecule has 4 rings (SSSR count). The number of ether oxygens (including phenoxy) is 1. The summed E-state index contributed by atoms with van der Waals surface area (Å²) < 4.78 is 8.37. The molecule has 4 nitrogen and oxygen atoms in total. The maximum atomic E-state index is 5.80. The van der Waals surface area contributed by atoms with Crippen LogP contribution in [0.2, 0.25) is 0 Å². The Morgan fingerprint density at radius 3 is 2.62 bits per heavy atom. The van der Waals surface area contributed by atoms with Crippen LogP contribution < -0.4 is 4.74 Å². The zero-order valence-electron chi connectivity index (χ0n) is 18.2. The van der Waals surface area contributed by atoms with Crippen molar-refractivity contribution in [3.8, 4) is 17.0 Å². The van der Waals surface area contributed by atoms with E-state index < -0.39 is 0 Å². The second-order valence-corrected chi connectivity index (χ2v) is 9.01. The molecule has 0 spiro atoms. The lowest BCUT2D eigenvalue weighted by atomic mass is 9.95. The Morgan fingerprint density at radius 2 is 1.93 bits per heavy atom. The highest BCUT2D eigenvalue weighted by atomic mass is 32.1. The van der Waals surface area contributed by atoms with Crippen LogP contribution in [-0.4, -0.2) is 34.7 Å². The zero-order chi connectivity index (χ0) is 20.4. The van der Waals surface area contributed by atoms with Crippen molar-refractivity contribution in [1.29, 1.82) is 0 Å². The summed E-state index contributed by atoms with van der Waals surface area (Å²) in [6.45, 7) is 9.75. The van der Waals surface area contributed by atoms with Crippen molar-refractivity contribution in [1.82, 2.24) is 14.5 Å². The lowest BCUT2D eigenvalue weighted by Gasteiger charge is -2.26. The van der Waals surface area contributed by atoms with Crippen LogP contribution in [0.25, 0.3) is 22.2 Å². The summed E-state index contributed by atoms with van der Waals surface area (Å²) in [4.78, 5) is 7.48. The molecule has 156 valence electrons. The molecule has 5 heteroatoms. The average molecular weight is 412 g/mol. The molecule has 2 heterocycles. The summed E-state index contributed by atoms with van der Waals surface area (Å²) in [5.41, 5.74) is 4.97. The summed E-state index contributed by atoms with van der Waals surface area (Å²) >= 11 is 1.78. The third-order valence-corrected chi connectivity index (χ3v) is 7.29. The van der Waals surface area contributed by atoms with Gasteiger partial charge >= 0.3 is 0 Å². The average Bonchev–Trinajstić information content (AvgIpc) is 3.33. The molecular formula is C24H33N3OS. The van der Waals surface area contributed by atoms with Crippen molar-refractivity contribution in [3.05, 3.63) is 34.3 Å². The fourth-order valence-electron chi connectivity index (χ4n) is 4.88. The van der Waals surface area contributed by atoms with Gasteiger partial charge in [-0.3, -0.25) is 4.90 Å². The zero-order valence-corrected chi connectivity index (χ0v) is 19.0. The number of para-hydroxylation sites is 1. The quantitative estimate of drug-likeness (QED) is 0.449. The predicted octanol–water partition coefficient (Wildman–Crippen LogP) is 6.43. The SMILES string of the molecule is CCN(CC)Cc1nc(-c2c(C)n(C3CCCCC3)c3c(OC)cccc23)cs1. The third kappa shape index (κ3) is 3.82. The minimum Gasteiger partial charge on any atom is -0.495 e. The van der Waals surface area contributed by atoms with Crippen LogP contribution in [0.3, 0.4) is 0 Å². The van der Waals surface area contributed by atoms with Gasteiger partial charge < -0.3 is 9.30 Å². The first kappa shape index (κ1) is 20.4. The number of methoxy groups -OCH3 is 1. The molecule has 1 aliphatic carbocycles. The Balaban J connectivity index is 1.83. The van der Waals surface area contributed by atoms with E-state index >= 15 is 0 Å². The van der Waals surface area contributed by atoms with Gasteiger partial charge in [0, 0.05) is 28.1 Å². The van der Waals surface area contributed by atoms with Gasteiger partial charge in [0.25, 0.3) is 0 Å². The smallest absolute Gasteiger partial charge is 0.143 e. The summed E-state index contributed by atoms with van der Waals surface area (Å²) in [7, 11) is 1.78. The lowest BCUT2D eigenvalue weighted by molar-refractivity contribution is 0.295. The van der Waals surface area contributed by atoms with Gasteiger partial charge in [-0.15, -0.1) is 11.3 Å². The van der Waals surface area contributed by atoms with E-state index in [0.29, 0.717) is 6.04 Å². The first-order chi connectivity index (χ1) is 14.2. The number of hydrogen-bond donors (Lipinski definition) is 0. The molecular weight excluding hydrogens is 378 g/mol. The van der Waals surface area contributed by atoms with Crippen LogP contribution in [0, 0.1) is 6.92 Å². The van der Waals surface area contributed by atoms with E-state index in [2.05, 4.69) is 53.8 Å². The van der Waals surface area contributed by atoms with Gasteiger partial charge in [-0.2, -0.15) is 0 Å². The normalized spacial score (nSPS) is 15.5. The Hall–Kier alpha value is -1.85. The number of benzene rings is 1. The van der Waals surface area contributed by atoms with Gasteiger partial charge in [-0.1, -0.05) is 45.2 Å². The van der Waals surface area contributed by atoms with Crippen LogP contribution in [0.1, 0.15) is 62.7 Å². The van der Waals surface area contributed by atoms with Crippen LogP contribution in [0.4, 0.5) is 0 Å².